The number of carbonyl (C=O) groups is 3. The SMILES string of the molecule is CCOP1(=O)CCN(Cc2ncoc2-c2ccccc2)C(C(C)(C)C)C1(CCCCN(C(=O)OC(C)(C)C)C(=O)OC(C)(C)C)C(=O)O. The Morgan fingerprint density at radius 1 is 1.00 bits per heavy atom. The van der Waals surface area contributed by atoms with E-state index in [0.29, 0.717) is 18.0 Å². The van der Waals surface area contributed by atoms with Crippen LogP contribution < -0.4 is 0 Å². The fourth-order valence-corrected chi connectivity index (χ4v) is 9.94. The largest absolute Gasteiger partial charge is 0.480 e. The summed E-state index contributed by atoms with van der Waals surface area (Å²) in [7, 11) is -3.80. The smallest absolute Gasteiger partial charge is 0.419 e. The fraction of sp³-hybridized carbons (Fsp3) is 0.657. The first-order valence-electron chi connectivity index (χ1n) is 16.6. The zero-order valence-corrected chi connectivity index (χ0v) is 31.1. The summed E-state index contributed by atoms with van der Waals surface area (Å²) >= 11 is 0. The molecule has 2 heterocycles. The summed E-state index contributed by atoms with van der Waals surface area (Å²) < 4.78 is 37.6. The van der Waals surface area contributed by atoms with Gasteiger partial charge in [0.1, 0.15) is 16.9 Å². The summed E-state index contributed by atoms with van der Waals surface area (Å²) in [6, 6.07) is 8.82. The number of imide groups is 1. The predicted octanol–water partition coefficient (Wildman–Crippen LogP) is 8.05. The zero-order chi connectivity index (χ0) is 36.1. The minimum atomic E-state index is -3.80. The van der Waals surface area contributed by atoms with Crippen molar-refractivity contribution >= 4 is 25.5 Å². The number of unbranched alkanes of at least 4 members (excludes halogenated alkanes) is 1. The number of nitrogens with zero attached hydrogens (tertiary/aromatic N) is 3. The maximum Gasteiger partial charge on any atom is 0.419 e. The second-order valence-electron chi connectivity index (χ2n) is 15.3. The molecule has 1 aromatic carbocycles. The van der Waals surface area contributed by atoms with Crippen molar-refractivity contribution in [3.05, 3.63) is 42.4 Å². The summed E-state index contributed by atoms with van der Waals surface area (Å²) in [5, 5.41) is 9.34. The highest BCUT2D eigenvalue weighted by molar-refractivity contribution is 7.62. The van der Waals surface area contributed by atoms with Crippen LogP contribution in [0.25, 0.3) is 11.3 Å². The number of carboxylic acids is 1. The van der Waals surface area contributed by atoms with Gasteiger partial charge in [0.05, 0.1) is 6.61 Å². The van der Waals surface area contributed by atoms with Gasteiger partial charge in [0, 0.05) is 37.4 Å². The Morgan fingerprint density at radius 2 is 1.58 bits per heavy atom. The van der Waals surface area contributed by atoms with E-state index in [-0.39, 0.29) is 45.1 Å². The minimum absolute atomic E-state index is 0.0150. The van der Waals surface area contributed by atoms with E-state index in [1.54, 1.807) is 48.5 Å². The fourth-order valence-electron chi connectivity index (χ4n) is 6.53. The highest BCUT2D eigenvalue weighted by Crippen LogP contribution is 2.67. The molecule has 1 aliphatic heterocycles. The first-order valence-corrected chi connectivity index (χ1v) is 18.4. The van der Waals surface area contributed by atoms with Crippen molar-refractivity contribution in [2.75, 3.05) is 25.9 Å². The van der Waals surface area contributed by atoms with Crippen molar-refractivity contribution in [3.8, 4) is 11.3 Å². The molecule has 3 atom stereocenters. The molecule has 0 radical (unpaired) electrons. The number of benzene rings is 1. The number of amides is 2. The summed E-state index contributed by atoms with van der Waals surface area (Å²) in [5.41, 5.74) is -0.886. The van der Waals surface area contributed by atoms with Gasteiger partial charge in [-0.25, -0.2) is 19.5 Å². The number of oxazole rings is 1. The molecule has 3 unspecified atom stereocenters. The Labute approximate surface area is 285 Å². The molecular weight excluding hydrogens is 637 g/mol. The average molecular weight is 692 g/mol. The Hall–Kier alpha value is -3.21. The lowest BCUT2D eigenvalue weighted by atomic mass is 9.74. The Kier molecular flexibility index (Phi) is 12.4. The Balaban J connectivity index is 1.98. The van der Waals surface area contributed by atoms with Crippen LogP contribution in [-0.4, -0.2) is 86.3 Å². The minimum Gasteiger partial charge on any atom is -0.480 e. The molecule has 268 valence electrons. The lowest BCUT2D eigenvalue weighted by Crippen LogP contribution is -2.66. The second kappa shape index (κ2) is 15.1. The van der Waals surface area contributed by atoms with Gasteiger partial charge in [-0.05, 0) is 73.1 Å². The van der Waals surface area contributed by atoms with Gasteiger partial charge >= 0.3 is 18.2 Å². The second-order valence-corrected chi connectivity index (χ2v) is 18.2. The molecule has 1 saturated heterocycles. The molecule has 1 aliphatic rings. The van der Waals surface area contributed by atoms with Crippen molar-refractivity contribution in [1.82, 2.24) is 14.8 Å². The number of carboxylic acid groups (broad SMARTS) is 1. The molecule has 13 heteroatoms. The maximum atomic E-state index is 14.9. The van der Waals surface area contributed by atoms with Crippen molar-refractivity contribution < 1.29 is 42.5 Å². The van der Waals surface area contributed by atoms with Crippen molar-refractivity contribution in [2.24, 2.45) is 5.41 Å². The zero-order valence-electron chi connectivity index (χ0n) is 30.2. The first-order chi connectivity index (χ1) is 22.1. The van der Waals surface area contributed by atoms with Gasteiger partial charge in [-0.3, -0.25) is 14.3 Å². The molecule has 0 saturated carbocycles. The van der Waals surface area contributed by atoms with Crippen molar-refractivity contribution in [1.29, 1.82) is 0 Å². The van der Waals surface area contributed by atoms with Crippen LogP contribution in [0.5, 0.6) is 0 Å². The van der Waals surface area contributed by atoms with E-state index in [2.05, 4.69) is 4.98 Å². The van der Waals surface area contributed by atoms with E-state index in [4.69, 9.17) is 18.4 Å². The van der Waals surface area contributed by atoms with Gasteiger partial charge in [0.25, 0.3) is 0 Å². The molecule has 0 aliphatic carbocycles. The summed E-state index contributed by atoms with van der Waals surface area (Å²) in [5.74, 6) is -0.615. The molecule has 2 amide bonds. The molecule has 12 nitrogen and oxygen atoms in total. The van der Waals surface area contributed by atoms with Crippen LogP contribution >= 0.6 is 7.37 Å². The quantitative estimate of drug-likeness (QED) is 0.180. The van der Waals surface area contributed by atoms with E-state index in [0.717, 1.165) is 10.5 Å². The molecule has 1 N–H and O–H groups in total. The highest BCUT2D eigenvalue weighted by Gasteiger charge is 2.66. The third kappa shape index (κ3) is 9.27. The van der Waals surface area contributed by atoms with E-state index in [1.807, 2.05) is 56.0 Å². The van der Waals surface area contributed by atoms with Crippen LogP contribution in [-0.2, 0) is 29.9 Å². The van der Waals surface area contributed by atoms with Crippen LogP contribution in [0.3, 0.4) is 0 Å². The van der Waals surface area contributed by atoms with Gasteiger partial charge in [-0.15, -0.1) is 0 Å². The number of hydrogen-bond acceptors (Lipinski definition) is 10. The van der Waals surface area contributed by atoms with Crippen molar-refractivity contribution in [2.45, 2.75) is 117 Å². The average Bonchev–Trinajstić information content (AvgIpc) is 3.40. The van der Waals surface area contributed by atoms with Crippen LogP contribution in [0.1, 0.15) is 94.2 Å². The highest BCUT2D eigenvalue weighted by atomic mass is 31.2. The van der Waals surface area contributed by atoms with Gasteiger partial charge in [0.2, 0.25) is 7.37 Å². The van der Waals surface area contributed by atoms with E-state index < -0.39 is 53.3 Å². The number of aromatic nitrogens is 1. The Bertz CT molecular complexity index is 1430. The number of ether oxygens (including phenoxy) is 2. The summed E-state index contributed by atoms with van der Waals surface area (Å²) in [6.07, 6.45) is 0.137. The maximum absolute atomic E-state index is 14.9. The summed E-state index contributed by atoms with van der Waals surface area (Å²) in [6.45, 7) is 18.3. The lowest BCUT2D eigenvalue weighted by molar-refractivity contribution is -0.146. The molecular formula is C35H54N3O9P. The van der Waals surface area contributed by atoms with Crippen LogP contribution in [0.2, 0.25) is 0 Å². The standard InChI is InChI=1S/C35H54N3O9P/c1-11-45-48(43)22-21-37(23-26-27(44-24-36-26)25-17-13-12-14-18-25)28(32(2,3)4)35(48,29(39)40)19-15-16-20-38(30(41)46-33(5,6)7)31(42)47-34(8,9)10/h12-14,17-18,24,28H,11,15-16,19-23H2,1-10H3,(H,39,40). The molecule has 3 rings (SSSR count). The summed E-state index contributed by atoms with van der Waals surface area (Å²) in [4.78, 5) is 47.2. The third-order valence-corrected chi connectivity index (χ3v) is 11.4. The van der Waals surface area contributed by atoms with Crippen LogP contribution in [0, 0.1) is 5.41 Å². The van der Waals surface area contributed by atoms with Gasteiger partial charge < -0.3 is 23.5 Å². The third-order valence-electron chi connectivity index (χ3n) is 8.08. The van der Waals surface area contributed by atoms with E-state index in [1.165, 1.54) is 6.39 Å². The van der Waals surface area contributed by atoms with Crippen LogP contribution in [0.4, 0.5) is 9.59 Å². The number of aliphatic carboxylic acids is 1. The first kappa shape index (κ1) is 39.2. The Morgan fingerprint density at radius 3 is 2.08 bits per heavy atom. The van der Waals surface area contributed by atoms with Gasteiger partial charge in [-0.1, -0.05) is 51.1 Å². The molecule has 0 bridgehead atoms. The topological polar surface area (TPSA) is 149 Å². The molecule has 0 spiro atoms. The van der Waals surface area contributed by atoms with Crippen LogP contribution in [0.15, 0.2) is 41.1 Å². The molecule has 2 aromatic rings. The number of hydrogen-bond donors (Lipinski definition) is 1. The number of rotatable bonds is 11. The molecule has 1 fully saturated rings. The predicted molar refractivity (Wildman–Crippen MR) is 183 cm³/mol. The van der Waals surface area contributed by atoms with Gasteiger partial charge in [-0.2, -0.15) is 0 Å². The van der Waals surface area contributed by atoms with E-state index in [9.17, 15) is 24.1 Å². The normalized spacial score (nSPS) is 22.2. The molecule has 1 aromatic heterocycles. The van der Waals surface area contributed by atoms with E-state index >= 15 is 0 Å². The number of carbonyl (C=O) groups excluding carboxylic acids is 2. The molecule has 48 heavy (non-hydrogen) atoms. The monoisotopic (exact) mass is 691 g/mol. The van der Waals surface area contributed by atoms with Gasteiger partial charge in [0.15, 0.2) is 17.3 Å². The van der Waals surface area contributed by atoms with Crippen molar-refractivity contribution in [3.63, 3.8) is 0 Å². The lowest BCUT2D eigenvalue weighted by Gasteiger charge is -2.55.